The SMILES string of the molecule is COc1ccc(CC(=O)NCc2sc(-c3ccccc3)nc2C)cc1. The van der Waals surface area contributed by atoms with Crippen molar-refractivity contribution in [3.8, 4) is 16.3 Å². The summed E-state index contributed by atoms with van der Waals surface area (Å²) in [6.07, 6.45) is 0.355. The van der Waals surface area contributed by atoms with Crippen LogP contribution in [0.15, 0.2) is 54.6 Å². The van der Waals surface area contributed by atoms with Crippen LogP contribution in [-0.4, -0.2) is 18.0 Å². The Balaban J connectivity index is 1.59. The fraction of sp³-hybridized carbons (Fsp3) is 0.200. The van der Waals surface area contributed by atoms with E-state index in [-0.39, 0.29) is 5.91 Å². The second-order valence-electron chi connectivity index (χ2n) is 5.70. The number of ether oxygens (including phenoxy) is 1. The van der Waals surface area contributed by atoms with Crippen molar-refractivity contribution < 1.29 is 9.53 Å². The number of hydrogen-bond acceptors (Lipinski definition) is 4. The fourth-order valence-corrected chi connectivity index (χ4v) is 3.47. The lowest BCUT2D eigenvalue weighted by molar-refractivity contribution is -0.120. The predicted molar refractivity (Wildman–Crippen MR) is 101 cm³/mol. The third kappa shape index (κ3) is 4.45. The number of carbonyl (C=O) groups is 1. The van der Waals surface area contributed by atoms with Crippen LogP contribution < -0.4 is 10.1 Å². The number of hydrogen-bond donors (Lipinski definition) is 1. The van der Waals surface area contributed by atoms with Crippen molar-refractivity contribution in [3.05, 3.63) is 70.7 Å². The molecule has 2 aromatic carbocycles. The van der Waals surface area contributed by atoms with Crippen LogP contribution in [0, 0.1) is 6.92 Å². The van der Waals surface area contributed by atoms with Gasteiger partial charge in [0.05, 0.1) is 25.8 Å². The summed E-state index contributed by atoms with van der Waals surface area (Å²) in [6, 6.07) is 17.6. The van der Waals surface area contributed by atoms with Crippen LogP contribution in [-0.2, 0) is 17.8 Å². The third-order valence-electron chi connectivity index (χ3n) is 3.88. The average molecular weight is 352 g/mol. The molecule has 0 fully saturated rings. The molecular formula is C20H20N2O2S. The van der Waals surface area contributed by atoms with Crippen molar-refractivity contribution in [1.29, 1.82) is 0 Å². The quantitative estimate of drug-likeness (QED) is 0.730. The van der Waals surface area contributed by atoms with E-state index in [1.165, 1.54) is 0 Å². The molecule has 0 radical (unpaired) electrons. The average Bonchev–Trinajstić information content (AvgIpc) is 3.02. The second-order valence-corrected chi connectivity index (χ2v) is 6.78. The summed E-state index contributed by atoms with van der Waals surface area (Å²) in [7, 11) is 1.63. The van der Waals surface area contributed by atoms with E-state index in [9.17, 15) is 4.79 Å². The molecule has 5 heteroatoms. The zero-order valence-electron chi connectivity index (χ0n) is 14.3. The number of benzene rings is 2. The fourth-order valence-electron chi connectivity index (χ4n) is 2.47. The number of amides is 1. The van der Waals surface area contributed by atoms with E-state index in [0.29, 0.717) is 13.0 Å². The van der Waals surface area contributed by atoms with E-state index in [1.807, 2.05) is 61.5 Å². The van der Waals surface area contributed by atoms with E-state index in [4.69, 9.17) is 4.74 Å². The van der Waals surface area contributed by atoms with Crippen LogP contribution in [0.3, 0.4) is 0 Å². The molecule has 0 bridgehead atoms. The van der Waals surface area contributed by atoms with Crippen molar-refractivity contribution in [3.63, 3.8) is 0 Å². The number of rotatable bonds is 6. The van der Waals surface area contributed by atoms with Gasteiger partial charge in [-0.05, 0) is 24.6 Å². The first-order valence-electron chi connectivity index (χ1n) is 8.07. The normalized spacial score (nSPS) is 10.5. The highest BCUT2D eigenvalue weighted by atomic mass is 32.1. The molecule has 0 saturated carbocycles. The molecule has 1 amide bonds. The molecule has 0 unspecified atom stereocenters. The van der Waals surface area contributed by atoms with Crippen molar-refractivity contribution >= 4 is 17.2 Å². The smallest absolute Gasteiger partial charge is 0.224 e. The van der Waals surface area contributed by atoms with E-state index < -0.39 is 0 Å². The third-order valence-corrected chi connectivity index (χ3v) is 5.09. The molecule has 0 aliphatic carbocycles. The minimum absolute atomic E-state index is 0.000715. The molecule has 1 heterocycles. The lowest BCUT2D eigenvalue weighted by Gasteiger charge is -2.05. The Hall–Kier alpha value is -2.66. The molecule has 0 aliphatic rings. The molecule has 1 N–H and O–H groups in total. The van der Waals surface area contributed by atoms with Gasteiger partial charge in [0.2, 0.25) is 5.91 Å². The van der Waals surface area contributed by atoms with E-state index in [1.54, 1.807) is 18.4 Å². The van der Waals surface area contributed by atoms with Crippen molar-refractivity contribution in [1.82, 2.24) is 10.3 Å². The highest BCUT2D eigenvalue weighted by molar-refractivity contribution is 7.15. The Morgan fingerprint density at radius 1 is 1.12 bits per heavy atom. The van der Waals surface area contributed by atoms with Crippen LogP contribution in [0.4, 0.5) is 0 Å². The maximum Gasteiger partial charge on any atom is 0.224 e. The molecule has 4 nitrogen and oxygen atoms in total. The van der Waals surface area contributed by atoms with Gasteiger partial charge in [0.1, 0.15) is 10.8 Å². The Morgan fingerprint density at radius 2 is 1.84 bits per heavy atom. The van der Waals surface area contributed by atoms with Gasteiger partial charge in [0, 0.05) is 10.4 Å². The number of thiazole rings is 1. The number of aryl methyl sites for hydroxylation is 1. The minimum Gasteiger partial charge on any atom is -0.497 e. The Bertz CT molecular complexity index is 842. The van der Waals surface area contributed by atoms with E-state index in [2.05, 4.69) is 10.3 Å². The molecule has 0 spiro atoms. The van der Waals surface area contributed by atoms with Crippen molar-refractivity contribution in [2.75, 3.05) is 7.11 Å². The van der Waals surface area contributed by atoms with Gasteiger partial charge in [-0.3, -0.25) is 4.79 Å². The number of nitrogens with one attached hydrogen (secondary N) is 1. The van der Waals surface area contributed by atoms with Crippen molar-refractivity contribution in [2.24, 2.45) is 0 Å². The van der Waals surface area contributed by atoms with Crippen molar-refractivity contribution in [2.45, 2.75) is 19.9 Å². The predicted octanol–water partition coefficient (Wildman–Crippen LogP) is 3.99. The maximum atomic E-state index is 12.2. The van der Waals surface area contributed by atoms with Gasteiger partial charge in [-0.25, -0.2) is 4.98 Å². The van der Waals surface area contributed by atoms with Crippen LogP contribution in [0.25, 0.3) is 10.6 Å². The van der Waals surface area contributed by atoms with Gasteiger partial charge in [0.15, 0.2) is 0 Å². The molecule has 3 rings (SSSR count). The lowest BCUT2D eigenvalue weighted by Crippen LogP contribution is -2.24. The second kappa shape index (κ2) is 7.94. The first kappa shape index (κ1) is 17.2. The molecular weight excluding hydrogens is 332 g/mol. The van der Waals surface area contributed by atoms with Crippen LogP contribution in [0.2, 0.25) is 0 Å². The number of nitrogens with zero attached hydrogens (tertiary/aromatic N) is 1. The summed E-state index contributed by atoms with van der Waals surface area (Å²) >= 11 is 1.62. The zero-order valence-corrected chi connectivity index (χ0v) is 15.1. The van der Waals surface area contributed by atoms with Gasteiger partial charge >= 0.3 is 0 Å². The Labute approximate surface area is 151 Å². The van der Waals surface area contributed by atoms with Gasteiger partial charge in [-0.1, -0.05) is 42.5 Å². The molecule has 0 atom stereocenters. The molecule has 3 aromatic rings. The summed E-state index contributed by atoms with van der Waals surface area (Å²) in [5.74, 6) is 0.789. The molecule has 0 aliphatic heterocycles. The number of methoxy groups -OCH3 is 1. The molecule has 128 valence electrons. The Morgan fingerprint density at radius 3 is 2.52 bits per heavy atom. The van der Waals surface area contributed by atoms with Gasteiger partial charge in [-0.2, -0.15) is 0 Å². The first-order valence-corrected chi connectivity index (χ1v) is 8.88. The summed E-state index contributed by atoms with van der Waals surface area (Å²) in [4.78, 5) is 17.9. The van der Waals surface area contributed by atoms with E-state index >= 15 is 0 Å². The first-order chi connectivity index (χ1) is 12.2. The lowest BCUT2D eigenvalue weighted by atomic mass is 10.1. The molecule has 25 heavy (non-hydrogen) atoms. The summed E-state index contributed by atoms with van der Waals surface area (Å²) in [5, 5.41) is 3.97. The minimum atomic E-state index is -0.000715. The van der Waals surface area contributed by atoms with Gasteiger partial charge in [0.25, 0.3) is 0 Å². The standard InChI is InChI=1S/C20H20N2O2S/c1-14-18(25-20(22-14)16-6-4-3-5-7-16)13-21-19(23)12-15-8-10-17(24-2)11-9-15/h3-11H,12-13H2,1-2H3,(H,21,23). The molecule has 0 saturated heterocycles. The summed E-state index contributed by atoms with van der Waals surface area (Å²) in [5.41, 5.74) is 3.03. The molecule has 1 aromatic heterocycles. The van der Waals surface area contributed by atoms with Gasteiger partial charge < -0.3 is 10.1 Å². The topological polar surface area (TPSA) is 51.2 Å². The highest BCUT2D eigenvalue weighted by Gasteiger charge is 2.11. The van der Waals surface area contributed by atoms with E-state index in [0.717, 1.165) is 32.5 Å². The monoisotopic (exact) mass is 352 g/mol. The van der Waals surface area contributed by atoms with Crippen LogP contribution in [0.5, 0.6) is 5.75 Å². The summed E-state index contributed by atoms with van der Waals surface area (Å²) < 4.78 is 5.13. The largest absolute Gasteiger partial charge is 0.497 e. The Kier molecular flexibility index (Phi) is 5.46. The van der Waals surface area contributed by atoms with Crippen LogP contribution >= 0.6 is 11.3 Å². The number of aromatic nitrogens is 1. The van der Waals surface area contributed by atoms with Crippen LogP contribution in [0.1, 0.15) is 16.1 Å². The highest BCUT2D eigenvalue weighted by Crippen LogP contribution is 2.27. The number of carbonyl (C=O) groups excluding carboxylic acids is 1. The summed E-state index contributed by atoms with van der Waals surface area (Å²) in [6.45, 7) is 2.49. The maximum absolute atomic E-state index is 12.2. The zero-order chi connectivity index (χ0) is 17.6. The van der Waals surface area contributed by atoms with Gasteiger partial charge in [-0.15, -0.1) is 11.3 Å².